The van der Waals surface area contributed by atoms with Gasteiger partial charge in [0.25, 0.3) is 5.91 Å². The van der Waals surface area contributed by atoms with Gasteiger partial charge >= 0.3 is 5.97 Å². The van der Waals surface area contributed by atoms with Gasteiger partial charge in [-0.25, -0.2) is 18.6 Å². The molecule has 1 heterocycles. The number of carbonyl (C=O) groups excluding carboxylic acids is 2. The number of esters is 1. The third-order valence-corrected chi connectivity index (χ3v) is 5.29. The maximum atomic E-state index is 15.3. The standard InChI is InChI=1S/C20H19F2IN4O4/c1-9(28)16(20(30)31-3)26-19(29)11-7-14-18(24-8-27(14)2)15(22)17(11)25-13-5-4-10(23)6-12(13)21/h4-9,16,25,28H,1-3H3,(H,26,29). The van der Waals surface area contributed by atoms with E-state index in [1.165, 1.54) is 36.0 Å². The van der Waals surface area contributed by atoms with E-state index in [4.69, 9.17) is 0 Å². The number of aliphatic hydroxyl groups is 1. The molecule has 0 saturated carbocycles. The molecule has 0 aliphatic carbocycles. The van der Waals surface area contributed by atoms with E-state index >= 15 is 4.39 Å². The number of imidazole rings is 1. The molecule has 8 nitrogen and oxygen atoms in total. The summed E-state index contributed by atoms with van der Waals surface area (Å²) in [5, 5.41) is 14.8. The number of nitrogens with one attached hydrogen (secondary N) is 2. The van der Waals surface area contributed by atoms with E-state index in [2.05, 4.69) is 20.4 Å². The third kappa shape index (κ3) is 4.61. The first-order valence-corrected chi connectivity index (χ1v) is 10.1. The van der Waals surface area contributed by atoms with Crippen molar-refractivity contribution in [3.63, 3.8) is 0 Å². The van der Waals surface area contributed by atoms with Crippen LogP contribution in [0.3, 0.4) is 0 Å². The predicted molar refractivity (Wildman–Crippen MR) is 118 cm³/mol. The Morgan fingerprint density at radius 3 is 2.61 bits per heavy atom. The lowest BCUT2D eigenvalue weighted by molar-refractivity contribution is -0.145. The second-order valence-corrected chi connectivity index (χ2v) is 8.05. The summed E-state index contributed by atoms with van der Waals surface area (Å²) < 4.78 is 36.5. The molecule has 31 heavy (non-hydrogen) atoms. The molecule has 11 heteroatoms. The van der Waals surface area contributed by atoms with Crippen LogP contribution < -0.4 is 10.6 Å². The number of carbonyl (C=O) groups is 2. The van der Waals surface area contributed by atoms with Gasteiger partial charge in [0.2, 0.25) is 0 Å². The Labute approximate surface area is 189 Å². The summed E-state index contributed by atoms with van der Waals surface area (Å²) in [7, 11) is 2.73. The molecule has 0 radical (unpaired) electrons. The molecule has 0 spiro atoms. The molecular weight excluding hydrogens is 525 g/mol. The number of methoxy groups -OCH3 is 1. The molecule has 0 saturated heterocycles. The number of aliphatic hydroxyl groups excluding tert-OH is 1. The van der Waals surface area contributed by atoms with Crippen molar-refractivity contribution in [3.8, 4) is 0 Å². The highest BCUT2D eigenvalue weighted by atomic mass is 127. The minimum absolute atomic E-state index is 0.0208. The lowest BCUT2D eigenvalue weighted by atomic mass is 10.1. The minimum Gasteiger partial charge on any atom is -0.467 e. The van der Waals surface area contributed by atoms with E-state index in [-0.39, 0.29) is 22.5 Å². The number of anilines is 2. The summed E-state index contributed by atoms with van der Waals surface area (Å²) in [6, 6.07) is 4.26. The number of rotatable bonds is 6. The molecule has 2 atom stereocenters. The van der Waals surface area contributed by atoms with Gasteiger partial charge in [0.15, 0.2) is 11.9 Å². The van der Waals surface area contributed by atoms with Crippen LogP contribution in [-0.4, -0.2) is 45.8 Å². The topological polar surface area (TPSA) is 105 Å². The van der Waals surface area contributed by atoms with Gasteiger partial charge in [0.1, 0.15) is 11.3 Å². The van der Waals surface area contributed by atoms with Crippen LogP contribution in [0.2, 0.25) is 0 Å². The monoisotopic (exact) mass is 544 g/mol. The first-order chi connectivity index (χ1) is 14.6. The fourth-order valence-electron chi connectivity index (χ4n) is 2.97. The zero-order chi connectivity index (χ0) is 22.9. The van der Waals surface area contributed by atoms with Gasteiger partial charge in [0.05, 0.1) is 42.0 Å². The number of aryl methyl sites for hydroxylation is 1. The van der Waals surface area contributed by atoms with Crippen molar-refractivity contribution in [2.75, 3.05) is 12.4 Å². The maximum Gasteiger partial charge on any atom is 0.331 e. The van der Waals surface area contributed by atoms with Gasteiger partial charge in [-0.05, 0) is 53.8 Å². The Morgan fingerprint density at radius 1 is 1.29 bits per heavy atom. The zero-order valence-corrected chi connectivity index (χ0v) is 18.9. The summed E-state index contributed by atoms with van der Waals surface area (Å²) in [5.41, 5.74) is -0.293. The maximum absolute atomic E-state index is 15.3. The zero-order valence-electron chi connectivity index (χ0n) is 16.7. The summed E-state index contributed by atoms with van der Waals surface area (Å²) in [6.45, 7) is 1.30. The van der Waals surface area contributed by atoms with Crippen molar-refractivity contribution >= 4 is 56.9 Å². The van der Waals surface area contributed by atoms with Crippen molar-refractivity contribution in [2.24, 2.45) is 7.05 Å². The van der Waals surface area contributed by atoms with E-state index in [9.17, 15) is 19.1 Å². The number of fused-ring (bicyclic) bond motifs is 1. The molecule has 164 valence electrons. The molecule has 2 unspecified atom stereocenters. The number of hydrogen-bond acceptors (Lipinski definition) is 6. The van der Waals surface area contributed by atoms with Crippen molar-refractivity contribution in [1.29, 1.82) is 0 Å². The van der Waals surface area contributed by atoms with Crippen LogP contribution in [0, 0.1) is 15.2 Å². The van der Waals surface area contributed by atoms with Crippen LogP contribution in [0.1, 0.15) is 17.3 Å². The summed E-state index contributed by atoms with van der Waals surface area (Å²) in [6.07, 6.45) is 0.101. The highest BCUT2D eigenvalue weighted by Crippen LogP contribution is 2.32. The number of halogens is 3. The molecule has 3 rings (SSSR count). The Balaban J connectivity index is 2.12. The van der Waals surface area contributed by atoms with Crippen LogP contribution >= 0.6 is 22.6 Å². The van der Waals surface area contributed by atoms with Gasteiger partial charge < -0.3 is 25.0 Å². The van der Waals surface area contributed by atoms with Crippen LogP contribution in [0.15, 0.2) is 30.6 Å². The van der Waals surface area contributed by atoms with E-state index in [1.54, 1.807) is 13.1 Å². The van der Waals surface area contributed by atoms with Crippen LogP contribution in [-0.2, 0) is 16.6 Å². The Bertz CT molecular complexity index is 1170. The first kappa shape index (κ1) is 22.9. The van der Waals surface area contributed by atoms with Crippen molar-refractivity contribution < 1.29 is 28.2 Å². The molecule has 1 aromatic heterocycles. The van der Waals surface area contributed by atoms with E-state index in [1.807, 2.05) is 22.6 Å². The number of aromatic nitrogens is 2. The molecule has 3 aromatic rings. The van der Waals surface area contributed by atoms with Crippen LogP contribution in [0.25, 0.3) is 11.0 Å². The average Bonchev–Trinajstić information content (AvgIpc) is 3.09. The lowest BCUT2D eigenvalue weighted by Crippen LogP contribution is -2.48. The molecule has 0 fully saturated rings. The summed E-state index contributed by atoms with van der Waals surface area (Å²) in [5.74, 6) is -3.25. The number of hydrogen-bond donors (Lipinski definition) is 3. The molecule has 3 N–H and O–H groups in total. The fraction of sp³-hybridized carbons (Fsp3) is 0.250. The van der Waals surface area contributed by atoms with Gasteiger partial charge in [-0.3, -0.25) is 4.79 Å². The molecule has 1 amide bonds. The number of nitrogens with zero attached hydrogens (tertiary/aromatic N) is 2. The van der Waals surface area contributed by atoms with Crippen molar-refractivity contribution in [2.45, 2.75) is 19.1 Å². The Hall–Kier alpha value is -2.80. The number of ether oxygens (including phenoxy) is 1. The van der Waals surface area contributed by atoms with E-state index in [0.717, 1.165) is 7.11 Å². The highest BCUT2D eigenvalue weighted by Gasteiger charge is 2.29. The number of amides is 1. The van der Waals surface area contributed by atoms with Gasteiger partial charge in [0, 0.05) is 10.6 Å². The lowest BCUT2D eigenvalue weighted by Gasteiger charge is -2.20. The highest BCUT2D eigenvalue weighted by molar-refractivity contribution is 14.1. The summed E-state index contributed by atoms with van der Waals surface area (Å²) >= 11 is 1.93. The molecule has 0 aliphatic heterocycles. The van der Waals surface area contributed by atoms with Gasteiger partial charge in [-0.2, -0.15) is 0 Å². The Morgan fingerprint density at radius 2 is 2.00 bits per heavy atom. The SMILES string of the molecule is COC(=O)C(NC(=O)c1cc2c(ncn2C)c(F)c1Nc1ccc(I)cc1F)C(C)O. The average molecular weight is 544 g/mol. The summed E-state index contributed by atoms with van der Waals surface area (Å²) in [4.78, 5) is 28.9. The van der Waals surface area contributed by atoms with Crippen LogP contribution in [0.4, 0.5) is 20.2 Å². The molecule has 0 bridgehead atoms. The third-order valence-electron chi connectivity index (χ3n) is 4.62. The van der Waals surface area contributed by atoms with Gasteiger partial charge in [-0.15, -0.1) is 0 Å². The second kappa shape index (κ2) is 9.14. The van der Waals surface area contributed by atoms with Crippen LogP contribution in [0.5, 0.6) is 0 Å². The number of benzene rings is 2. The molecule has 2 aromatic carbocycles. The van der Waals surface area contributed by atoms with Crippen molar-refractivity contribution in [3.05, 3.63) is 51.4 Å². The predicted octanol–water partition coefficient (Wildman–Crippen LogP) is 2.85. The van der Waals surface area contributed by atoms with Crippen molar-refractivity contribution in [1.82, 2.24) is 14.9 Å². The normalized spacial score (nSPS) is 13.0. The molecule has 0 aliphatic rings. The second-order valence-electron chi connectivity index (χ2n) is 6.80. The molecular formula is C20H19F2IN4O4. The quantitative estimate of drug-likeness (QED) is 0.326. The first-order valence-electron chi connectivity index (χ1n) is 9.06. The smallest absolute Gasteiger partial charge is 0.331 e. The Kier molecular flexibility index (Phi) is 6.74. The van der Waals surface area contributed by atoms with Gasteiger partial charge in [-0.1, -0.05) is 0 Å². The minimum atomic E-state index is -1.38. The largest absolute Gasteiger partial charge is 0.467 e. The fourth-order valence-corrected chi connectivity index (χ4v) is 3.43. The van der Waals surface area contributed by atoms with E-state index in [0.29, 0.717) is 9.09 Å². The van der Waals surface area contributed by atoms with E-state index < -0.39 is 35.7 Å².